The molecule has 0 spiro atoms. The van der Waals surface area contributed by atoms with E-state index in [1.807, 2.05) is 30.3 Å². The fraction of sp³-hybridized carbons (Fsp3) is 0.588. The van der Waals surface area contributed by atoms with Crippen LogP contribution in [0, 0.1) is 0 Å². The van der Waals surface area contributed by atoms with Gasteiger partial charge in [-0.2, -0.15) is 0 Å². The maximum atomic E-state index is 12.1. The zero-order valence-electron chi connectivity index (χ0n) is 13.4. The summed E-state index contributed by atoms with van der Waals surface area (Å²) < 4.78 is 5.37. The second kappa shape index (κ2) is 7.77. The first-order chi connectivity index (χ1) is 11.2. The van der Waals surface area contributed by atoms with Gasteiger partial charge in [0.15, 0.2) is 0 Å². The van der Waals surface area contributed by atoms with E-state index >= 15 is 0 Å². The van der Waals surface area contributed by atoms with Crippen LogP contribution in [0.15, 0.2) is 30.3 Å². The third-order valence-corrected chi connectivity index (χ3v) is 4.51. The molecule has 6 heteroatoms. The number of rotatable bonds is 5. The molecule has 0 aromatic heterocycles. The number of β-amino-alcohol motifs (C(OH)–C–C–N with tert-alkyl or cyclic N) is 1. The molecular weight excluding hydrogens is 294 g/mol. The standard InChI is InChI=1S/C17H25N3O3/c21-16-12-19(13-16)7-6-18-8-10-20(11-9-18)17(22)23-14-15-4-2-1-3-5-15/h1-5,16,21H,6-14H2. The Morgan fingerprint density at radius 2 is 1.70 bits per heavy atom. The number of nitrogens with zero attached hydrogens (tertiary/aromatic N) is 3. The Morgan fingerprint density at radius 3 is 2.35 bits per heavy atom. The summed E-state index contributed by atoms with van der Waals surface area (Å²) in [5, 5.41) is 9.27. The molecule has 0 bridgehead atoms. The number of aliphatic hydroxyl groups excluding tert-OH is 1. The lowest BCUT2D eigenvalue weighted by Crippen LogP contribution is -2.55. The molecule has 1 aromatic rings. The van der Waals surface area contributed by atoms with E-state index in [2.05, 4.69) is 9.80 Å². The molecule has 0 unspecified atom stereocenters. The van der Waals surface area contributed by atoms with E-state index in [0.717, 1.165) is 57.9 Å². The highest BCUT2D eigenvalue weighted by atomic mass is 16.6. The lowest BCUT2D eigenvalue weighted by molar-refractivity contribution is -0.00534. The molecule has 2 fully saturated rings. The van der Waals surface area contributed by atoms with Gasteiger partial charge in [0.05, 0.1) is 6.10 Å². The molecule has 2 aliphatic heterocycles. The van der Waals surface area contributed by atoms with Crippen LogP contribution in [-0.2, 0) is 11.3 Å². The maximum absolute atomic E-state index is 12.1. The van der Waals surface area contributed by atoms with Gasteiger partial charge in [-0.25, -0.2) is 4.79 Å². The highest BCUT2D eigenvalue weighted by Crippen LogP contribution is 2.09. The first-order valence-electron chi connectivity index (χ1n) is 8.29. The van der Waals surface area contributed by atoms with Crippen LogP contribution in [0.25, 0.3) is 0 Å². The summed E-state index contributed by atoms with van der Waals surface area (Å²) in [6.07, 6.45) is -0.356. The van der Waals surface area contributed by atoms with Crippen molar-refractivity contribution in [2.45, 2.75) is 12.7 Å². The number of benzene rings is 1. The number of carbonyl (C=O) groups is 1. The average molecular weight is 319 g/mol. The maximum Gasteiger partial charge on any atom is 0.410 e. The molecule has 1 amide bonds. The molecule has 1 aromatic carbocycles. The first-order valence-corrected chi connectivity index (χ1v) is 8.29. The zero-order chi connectivity index (χ0) is 16.1. The number of ether oxygens (including phenoxy) is 1. The lowest BCUT2D eigenvalue weighted by atomic mass is 10.2. The molecule has 3 rings (SSSR count). The van der Waals surface area contributed by atoms with Crippen molar-refractivity contribution < 1.29 is 14.6 Å². The predicted octanol–water partition coefficient (Wildman–Crippen LogP) is 0.617. The van der Waals surface area contributed by atoms with E-state index in [-0.39, 0.29) is 12.2 Å². The van der Waals surface area contributed by atoms with E-state index in [9.17, 15) is 9.90 Å². The van der Waals surface area contributed by atoms with Gasteiger partial charge in [-0.1, -0.05) is 30.3 Å². The monoisotopic (exact) mass is 319 g/mol. The van der Waals surface area contributed by atoms with Gasteiger partial charge in [-0.05, 0) is 5.56 Å². The van der Waals surface area contributed by atoms with E-state index in [4.69, 9.17) is 4.74 Å². The molecule has 126 valence electrons. The Balaban J connectivity index is 1.32. The normalized spacial score (nSPS) is 20.3. The average Bonchev–Trinajstić information content (AvgIpc) is 2.57. The van der Waals surface area contributed by atoms with Gasteiger partial charge in [0.25, 0.3) is 0 Å². The second-order valence-electron chi connectivity index (χ2n) is 6.28. The highest BCUT2D eigenvalue weighted by molar-refractivity contribution is 5.67. The molecule has 2 saturated heterocycles. The molecule has 2 aliphatic rings. The topological polar surface area (TPSA) is 56.2 Å². The van der Waals surface area contributed by atoms with E-state index in [1.54, 1.807) is 4.90 Å². The quantitative estimate of drug-likeness (QED) is 0.862. The predicted molar refractivity (Wildman–Crippen MR) is 87.1 cm³/mol. The van der Waals surface area contributed by atoms with Crippen LogP contribution in [-0.4, -0.2) is 84.4 Å². The smallest absolute Gasteiger partial charge is 0.410 e. The molecule has 0 atom stereocenters. The number of hydrogen-bond donors (Lipinski definition) is 1. The van der Waals surface area contributed by atoms with Crippen molar-refractivity contribution in [3.05, 3.63) is 35.9 Å². The molecule has 0 radical (unpaired) electrons. The number of likely N-dealkylation sites (tertiary alicyclic amines) is 1. The van der Waals surface area contributed by atoms with Crippen LogP contribution in [0.2, 0.25) is 0 Å². The summed E-state index contributed by atoms with van der Waals surface area (Å²) in [7, 11) is 0. The van der Waals surface area contributed by atoms with Crippen LogP contribution in [0.4, 0.5) is 4.79 Å². The fourth-order valence-electron chi connectivity index (χ4n) is 2.97. The molecule has 1 N–H and O–H groups in total. The van der Waals surface area contributed by atoms with Crippen LogP contribution >= 0.6 is 0 Å². The van der Waals surface area contributed by atoms with Crippen LogP contribution in [0.3, 0.4) is 0 Å². The summed E-state index contributed by atoms with van der Waals surface area (Å²) in [6, 6.07) is 9.75. The van der Waals surface area contributed by atoms with Crippen molar-refractivity contribution in [3.63, 3.8) is 0 Å². The number of carbonyl (C=O) groups excluding carboxylic acids is 1. The SMILES string of the molecule is O=C(OCc1ccccc1)N1CCN(CCN2CC(O)C2)CC1. The fourth-order valence-corrected chi connectivity index (χ4v) is 2.97. The molecular formula is C17H25N3O3. The van der Waals surface area contributed by atoms with E-state index in [1.165, 1.54) is 0 Å². The zero-order valence-corrected chi connectivity index (χ0v) is 13.4. The van der Waals surface area contributed by atoms with Gasteiger partial charge in [-0.3, -0.25) is 9.80 Å². The summed E-state index contributed by atoms with van der Waals surface area (Å²) in [5.74, 6) is 0. The molecule has 23 heavy (non-hydrogen) atoms. The Morgan fingerprint density at radius 1 is 1.04 bits per heavy atom. The summed E-state index contributed by atoms with van der Waals surface area (Å²) >= 11 is 0. The van der Waals surface area contributed by atoms with Gasteiger partial charge in [0.1, 0.15) is 6.61 Å². The van der Waals surface area contributed by atoms with Crippen LogP contribution in [0.5, 0.6) is 0 Å². The summed E-state index contributed by atoms with van der Waals surface area (Å²) in [5.41, 5.74) is 1.01. The second-order valence-corrected chi connectivity index (χ2v) is 6.28. The third-order valence-electron chi connectivity index (χ3n) is 4.51. The van der Waals surface area contributed by atoms with Crippen LogP contribution in [0.1, 0.15) is 5.56 Å². The van der Waals surface area contributed by atoms with Crippen LogP contribution < -0.4 is 0 Å². The summed E-state index contributed by atoms with van der Waals surface area (Å²) in [6.45, 7) is 7.13. The minimum absolute atomic E-state index is 0.133. The Kier molecular flexibility index (Phi) is 5.48. The molecule has 0 aliphatic carbocycles. The highest BCUT2D eigenvalue weighted by Gasteiger charge is 2.26. The van der Waals surface area contributed by atoms with Crippen molar-refractivity contribution in [1.29, 1.82) is 0 Å². The summed E-state index contributed by atoms with van der Waals surface area (Å²) in [4.78, 5) is 18.5. The third kappa shape index (κ3) is 4.67. The van der Waals surface area contributed by atoms with Gasteiger partial charge in [0, 0.05) is 52.4 Å². The molecule has 6 nitrogen and oxygen atoms in total. The minimum atomic E-state index is -0.223. The van der Waals surface area contributed by atoms with Gasteiger partial charge < -0.3 is 14.7 Å². The largest absolute Gasteiger partial charge is 0.445 e. The molecule has 2 heterocycles. The minimum Gasteiger partial charge on any atom is -0.445 e. The van der Waals surface area contributed by atoms with Crippen molar-refractivity contribution in [1.82, 2.24) is 14.7 Å². The Labute approximate surface area is 137 Å². The number of aliphatic hydroxyl groups is 1. The molecule has 0 saturated carbocycles. The van der Waals surface area contributed by atoms with Gasteiger partial charge in [0.2, 0.25) is 0 Å². The van der Waals surface area contributed by atoms with Crippen molar-refractivity contribution in [2.24, 2.45) is 0 Å². The first kappa shape index (κ1) is 16.2. The van der Waals surface area contributed by atoms with Gasteiger partial charge >= 0.3 is 6.09 Å². The van der Waals surface area contributed by atoms with E-state index < -0.39 is 0 Å². The van der Waals surface area contributed by atoms with Crippen molar-refractivity contribution in [2.75, 3.05) is 52.4 Å². The number of hydrogen-bond acceptors (Lipinski definition) is 5. The number of amides is 1. The van der Waals surface area contributed by atoms with Crippen molar-refractivity contribution in [3.8, 4) is 0 Å². The Hall–Kier alpha value is -1.63. The Bertz CT molecular complexity index is 497. The lowest BCUT2D eigenvalue weighted by Gasteiger charge is -2.39. The van der Waals surface area contributed by atoms with Crippen molar-refractivity contribution >= 4 is 6.09 Å². The van der Waals surface area contributed by atoms with E-state index in [0.29, 0.717) is 6.61 Å². The van der Waals surface area contributed by atoms with Gasteiger partial charge in [-0.15, -0.1) is 0 Å². The number of piperazine rings is 1.